The number of ether oxygens (including phenoxy) is 3. The molecule has 1 rings (SSSR count). The largest absolute Gasteiger partial charge is 0.496 e. The van der Waals surface area contributed by atoms with Crippen molar-refractivity contribution in [3.63, 3.8) is 0 Å². The van der Waals surface area contributed by atoms with Crippen molar-refractivity contribution in [2.45, 2.75) is 6.61 Å². The zero-order valence-electron chi connectivity index (χ0n) is 11.5. The number of rotatable bonds is 5. The lowest BCUT2D eigenvalue weighted by atomic mass is 10.1. The summed E-state index contributed by atoms with van der Waals surface area (Å²) < 4.78 is 14.2. The molecule has 6 nitrogen and oxygen atoms in total. The zero-order valence-corrected chi connectivity index (χ0v) is 11.5. The second kappa shape index (κ2) is 7.30. The third-order valence-electron chi connectivity index (χ3n) is 2.60. The van der Waals surface area contributed by atoms with Gasteiger partial charge in [-0.3, -0.25) is 0 Å². The molecule has 20 heavy (non-hydrogen) atoms. The summed E-state index contributed by atoms with van der Waals surface area (Å²) >= 11 is 0. The molecule has 0 bridgehead atoms. The van der Waals surface area contributed by atoms with Crippen molar-refractivity contribution in [2.75, 3.05) is 21.3 Å². The van der Waals surface area contributed by atoms with Gasteiger partial charge in [-0.15, -0.1) is 0 Å². The van der Waals surface area contributed by atoms with E-state index in [9.17, 15) is 9.59 Å². The zero-order chi connectivity index (χ0) is 15.1. The molecule has 0 saturated heterocycles. The first-order valence-corrected chi connectivity index (χ1v) is 5.73. The van der Waals surface area contributed by atoms with Gasteiger partial charge in [-0.1, -0.05) is 12.1 Å². The predicted octanol–water partition coefficient (Wildman–Crippen LogP) is 0.917. The van der Waals surface area contributed by atoms with Crippen LogP contribution in [-0.2, 0) is 25.7 Å². The Bertz CT molecular complexity index is 514. The molecule has 1 aromatic rings. The third-order valence-corrected chi connectivity index (χ3v) is 2.60. The van der Waals surface area contributed by atoms with Gasteiger partial charge in [0.05, 0.1) is 27.9 Å². The first kappa shape index (κ1) is 15.7. The molecule has 1 N–H and O–H groups in total. The van der Waals surface area contributed by atoms with Crippen molar-refractivity contribution >= 4 is 18.0 Å². The van der Waals surface area contributed by atoms with Crippen molar-refractivity contribution in [3.8, 4) is 5.75 Å². The van der Waals surface area contributed by atoms with Gasteiger partial charge in [0.15, 0.2) is 0 Å². The number of carbonyl (C=O) groups excluding carboxylic acids is 2. The Kier molecular flexibility index (Phi) is 5.74. The van der Waals surface area contributed by atoms with Gasteiger partial charge >= 0.3 is 11.9 Å². The van der Waals surface area contributed by atoms with Crippen LogP contribution >= 0.6 is 0 Å². The fourth-order valence-corrected chi connectivity index (χ4v) is 1.57. The van der Waals surface area contributed by atoms with Crippen molar-refractivity contribution in [2.24, 2.45) is 0 Å². The molecular weight excluding hydrogens is 264 g/mol. The molecule has 0 radical (unpaired) electrons. The number of benzene rings is 1. The average Bonchev–Trinajstić information content (AvgIpc) is 2.50. The van der Waals surface area contributed by atoms with Gasteiger partial charge in [0.25, 0.3) is 0 Å². The highest BCUT2D eigenvalue weighted by atomic mass is 16.5. The highest BCUT2D eigenvalue weighted by Gasteiger charge is 2.19. The Hall–Kier alpha value is -2.34. The fourth-order valence-electron chi connectivity index (χ4n) is 1.57. The van der Waals surface area contributed by atoms with Gasteiger partial charge in [-0.2, -0.15) is 0 Å². The van der Waals surface area contributed by atoms with Crippen LogP contribution in [0.1, 0.15) is 11.1 Å². The summed E-state index contributed by atoms with van der Waals surface area (Å²) in [6.07, 6.45) is 1.33. The van der Waals surface area contributed by atoms with Crippen molar-refractivity contribution in [1.29, 1.82) is 0 Å². The Morgan fingerprint density at radius 3 is 2.20 bits per heavy atom. The van der Waals surface area contributed by atoms with Crippen LogP contribution < -0.4 is 4.74 Å². The van der Waals surface area contributed by atoms with Crippen LogP contribution in [0.4, 0.5) is 0 Å². The number of aliphatic hydroxyl groups excluding tert-OH is 1. The highest BCUT2D eigenvalue weighted by Crippen LogP contribution is 2.22. The van der Waals surface area contributed by atoms with E-state index >= 15 is 0 Å². The molecule has 0 atom stereocenters. The summed E-state index contributed by atoms with van der Waals surface area (Å²) in [6, 6.07) is 4.87. The van der Waals surface area contributed by atoms with Crippen LogP contribution in [0.25, 0.3) is 6.08 Å². The van der Waals surface area contributed by atoms with E-state index in [-0.39, 0.29) is 12.2 Å². The molecule has 0 aliphatic rings. The lowest BCUT2D eigenvalue weighted by Gasteiger charge is -2.08. The first-order valence-electron chi connectivity index (χ1n) is 5.73. The van der Waals surface area contributed by atoms with E-state index in [2.05, 4.69) is 9.47 Å². The van der Waals surface area contributed by atoms with Gasteiger partial charge in [0, 0.05) is 5.56 Å². The van der Waals surface area contributed by atoms with Crippen LogP contribution in [0.2, 0.25) is 0 Å². The lowest BCUT2D eigenvalue weighted by Crippen LogP contribution is -2.15. The summed E-state index contributed by atoms with van der Waals surface area (Å²) in [5.41, 5.74) is 0.918. The standard InChI is InChI=1S/C14H16O6/c1-18-12-7-9(4-5-10(12)8-15)6-11(13(16)19-2)14(17)20-3/h4-7,15H,8H2,1-3H3. The van der Waals surface area contributed by atoms with E-state index in [0.717, 1.165) is 0 Å². The minimum absolute atomic E-state index is 0.173. The summed E-state index contributed by atoms with van der Waals surface area (Å²) in [7, 11) is 3.81. The van der Waals surface area contributed by atoms with Crippen LogP contribution in [0.15, 0.2) is 23.8 Å². The van der Waals surface area contributed by atoms with Crippen molar-refractivity contribution in [1.82, 2.24) is 0 Å². The summed E-state index contributed by atoms with van der Waals surface area (Å²) in [4.78, 5) is 23.1. The topological polar surface area (TPSA) is 82.1 Å². The monoisotopic (exact) mass is 280 g/mol. The number of aliphatic hydroxyl groups is 1. The third kappa shape index (κ3) is 3.58. The van der Waals surface area contributed by atoms with Crippen LogP contribution in [0.5, 0.6) is 5.75 Å². The summed E-state index contributed by atoms with van der Waals surface area (Å²) in [5, 5.41) is 9.13. The maximum absolute atomic E-state index is 11.5. The molecule has 0 spiro atoms. The number of carbonyl (C=O) groups is 2. The maximum atomic E-state index is 11.5. The second-order valence-corrected chi connectivity index (χ2v) is 3.77. The van der Waals surface area contributed by atoms with Crippen LogP contribution in [0.3, 0.4) is 0 Å². The Morgan fingerprint density at radius 2 is 1.75 bits per heavy atom. The number of methoxy groups -OCH3 is 3. The van der Waals surface area contributed by atoms with E-state index in [1.807, 2.05) is 0 Å². The maximum Gasteiger partial charge on any atom is 0.345 e. The second-order valence-electron chi connectivity index (χ2n) is 3.77. The normalized spacial score (nSPS) is 9.60. The molecule has 0 amide bonds. The van der Waals surface area contributed by atoms with Gasteiger partial charge in [0.1, 0.15) is 11.3 Å². The van der Waals surface area contributed by atoms with E-state index in [1.165, 1.54) is 27.4 Å². The Labute approximate surface area is 116 Å². The van der Waals surface area contributed by atoms with Crippen molar-refractivity contribution in [3.05, 3.63) is 34.9 Å². The predicted molar refractivity (Wildman–Crippen MR) is 70.9 cm³/mol. The van der Waals surface area contributed by atoms with E-state index in [4.69, 9.17) is 9.84 Å². The van der Waals surface area contributed by atoms with Gasteiger partial charge in [-0.25, -0.2) is 9.59 Å². The summed E-state index contributed by atoms with van der Waals surface area (Å²) in [5.74, 6) is -1.13. The van der Waals surface area contributed by atoms with Crippen molar-refractivity contribution < 1.29 is 28.9 Å². The molecule has 0 aliphatic carbocycles. The molecule has 0 aromatic heterocycles. The number of hydrogen-bond donors (Lipinski definition) is 1. The van der Waals surface area contributed by atoms with Crippen LogP contribution in [0, 0.1) is 0 Å². The highest BCUT2D eigenvalue weighted by molar-refractivity contribution is 6.17. The molecule has 108 valence electrons. The molecule has 0 unspecified atom stereocenters. The molecule has 0 heterocycles. The Morgan fingerprint density at radius 1 is 1.15 bits per heavy atom. The molecule has 0 saturated carbocycles. The lowest BCUT2D eigenvalue weighted by molar-refractivity contribution is -0.143. The molecule has 1 aromatic carbocycles. The van der Waals surface area contributed by atoms with Gasteiger partial charge in [0.2, 0.25) is 0 Å². The van der Waals surface area contributed by atoms with Crippen LogP contribution in [-0.4, -0.2) is 38.4 Å². The van der Waals surface area contributed by atoms with Gasteiger partial charge < -0.3 is 19.3 Å². The first-order chi connectivity index (χ1) is 9.57. The molecule has 6 heteroatoms. The smallest absolute Gasteiger partial charge is 0.345 e. The SMILES string of the molecule is COC(=O)C(=Cc1ccc(CO)c(OC)c1)C(=O)OC. The number of esters is 2. The summed E-state index contributed by atoms with van der Waals surface area (Å²) in [6.45, 7) is -0.173. The van der Waals surface area contributed by atoms with E-state index < -0.39 is 11.9 Å². The minimum Gasteiger partial charge on any atom is -0.496 e. The molecule has 0 aliphatic heterocycles. The number of hydrogen-bond acceptors (Lipinski definition) is 6. The quantitative estimate of drug-likeness (QED) is 0.374. The van der Waals surface area contributed by atoms with E-state index in [0.29, 0.717) is 16.9 Å². The Balaban J connectivity index is 3.23. The average molecular weight is 280 g/mol. The molecule has 0 fully saturated rings. The fraction of sp³-hybridized carbons (Fsp3) is 0.286. The minimum atomic E-state index is -0.790. The van der Waals surface area contributed by atoms with E-state index in [1.54, 1.807) is 18.2 Å². The van der Waals surface area contributed by atoms with Gasteiger partial charge in [-0.05, 0) is 17.7 Å². The molecular formula is C14H16O6.